The molecule has 2 bridgehead atoms. The van der Waals surface area contributed by atoms with E-state index in [1.807, 2.05) is 11.6 Å². The van der Waals surface area contributed by atoms with Crippen LogP contribution in [0.25, 0.3) is 11.0 Å². The Labute approximate surface area is 346 Å². The number of carbonyl (C=O) groups is 3. The second kappa shape index (κ2) is 16.0. The van der Waals surface area contributed by atoms with Gasteiger partial charge in [0.15, 0.2) is 11.9 Å². The molecule has 60 heavy (non-hydrogen) atoms. The number of alkyl carbamates (subject to hydrolysis) is 1. The van der Waals surface area contributed by atoms with Crippen LogP contribution in [0, 0.1) is 23.2 Å². The third-order valence-corrected chi connectivity index (χ3v) is 14.8. The van der Waals surface area contributed by atoms with Gasteiger partial charge in [-0.3, -0.25) is 19.1 Å². The molecule has 15 nitrogen and oxygen atoms in total. The maximum Gasteiger partial charge on any atom is 0.408 e. The van der Waals surface area contributed by atoms with Crippen molar-refractivity contribution in [2.24, 2.45) is 23.2 Å². The molecule has 0 spiro atoms. The Balaban J connectivity index is 1.29. The fourth-order valence-corrected chi connectivity index (χ4v) is 9.53. The van der Waals surface area contributed by atoms with Gasteiger partial charge in [0, 0.05) is 18.4 Å². The largest absolute Gasteiger partial charge is 0.497 e. The summed E-state index contributed by atoms with van der Waals surface area (Å²) in [5.74, 6) is -8.11. The normalized spacial score (nSPS) is 31.4. The summed E-state index contributed by atoms with van der Waals surface area (Å²) < 4.78 is 106. The predicted molar refractivity (Wildman–Crippen MR) is 207 cm³/mol. The molecule has 8 atom stereocenters. The molecule has 3 amide bonds. The fourth-order valence-electron chi connectivity index (χ4n) is 8.22. The Kier molecular flexibility index (Phi) is 11.8. The van der Waals surface area contributed by atoms with E-state index < -0.39 is 117 Å². The highest BCUT2D eigenvalue weighted by atomic mass is 32.2. The minimum atomic E-state index is -4.24. The maximum atomic E-state index is 16.4. The van der Waals surface area contributed by atoms with Gasteiger partial charge >= 0.3 is 6.09 Å². The Hall–Kier alpha value is -4.04. The van der Waals surface area contributed by atoms with Crippen LogP contribution in [0.1, 0.15) is 105 Å². The zero-order valence-electron chi connectivity index (χ0n) is 34.6. The van der Waals surface area contributed by atoms with Gasteiger partial charge in [-0.15, -0.1) is 0 Å². The number of hydroxylamine groups is 1. The number of methoxy groups -OCH3 is 1. The number of fused-ring (bicyclic) bond motifs is 5. The smallest absolute Gasteiger partial charge is 0.408 e. The van der Waals surface area contributed by atoms with E-state index in [0.29, 0.717) is 31.4 Å². The standard InChI is InChI=1S/C40H54F4N6O9S/c1-7-10-23-28-20-50(34(23)59-49-39(19-24(39)31(41)42)35(52)48-60(54,55)38(5)15-16-38)33(51)30(37(2,3)4)47-36(53)58-27-17-21(27)11-8-9-14-40(43,44)29-32(57-28)46-26-18-22(56-6)12-13-25(26)45-29/h12-13,18,21,23-24,27-28,30-31,34,49H,7-11,14-17,19-20H2,1-6H3,(H,47,53)(H,48,52)/t21-,23-,24+,27-,28+,30-,34-,39-/m1/s1. The molecule has 2 aromatic rings. The molecular formula is C40H54F4N6O9S. The SMILES string of the molecule is CCC[C@@H]1[C@@H]2CN(C(=O)[C@H](C(C)(C)C)NC(=O)O[C@@H]3C[C@H]3CCCCC(F)(F)c3nc4ccc(OC)cc4nc3O2)[C@@H]1ON[C@]1(C(=O)NS(=O)(=O)C2(C)CC2)C[C@H]1C(F)F. The average molecular weight is 871 g/mol. The minimum Gasteiger partial charge on any atom is -0.497 e. The molecule has 0 radical (unpaired) electrons. The molecule has 3 aliphatic carbocycles. The minimum absolute atomic E-state index is 0.0366. The van der Waals surface area contributed by atoms with Crippen LogP contribution in [0.15, 0.2) is 18.2 Å². The highest BCUT2D eigenvalue weighted by Crippen LogP contribution is 2.50. The molecule has 1 aromatic carbocycles. The Morgan fingerprint density at radius 1 is 1.08 bits per heavy atom. The van der Waals surface area contributed by atoms with Crippen molar-refractivity contribution in [1.29, 1.82) is 0 Å². The Morgan fingerprint density at radius 3 is 2.45 bits per heavy atom. The molecule has 3 N–H and O–H groups in total. The number of nitrogens with one attached hydrogen (secondary N) is 3. The lowest BCUT2D eigenvalue weighted by Gasteiger charge is -2.36. The molecular weight excluding hydrogens is 817 g/mol. The van der Waals surface area contributed by atoms with Crippen molar-refractivity contribution < 1.29 is 59.4 Å². The lowest BCUT2D eigenvalue weighted by Crippen LogP contribution is -2.58. The van der Waals surface area contributed by atoms with Crippen molar-refractivity contribution in [3.8, 4) is 11.6 Å². The third-order valence-electron chi connectivity index (χ3n) is 12.6. The first kappa shape index (κ1) is 44.0. The second-order valence-electron chi connectivity index (χ2n) is 18.3. The summed E-state index contributed by atoms with van der Waals surface area (Å²) in [6.07, 6.45) is -5.11. The predicted octanol–water partition coefficient (Wildman–Crippen LogP) is 5.71. The van der Waals surface area contributed by atoms with E-state index in [-0.39, 0.29) is 49.2 Å². The number of rotatable bonds is 10. The first-order valence-corrected chi connectivity index (χ1v) is 22.1. The Bertz CT molecular complexity index is 2100. The van der Waals surface area contributed by atoms with Crippen LogP contribution in [0.5, 0.6) is 11.6 Å². The number of nitrogens with zero attached hydrogens (tertiary/aromatic N) is 3. The van der Waals surface area contributed by atoms with Crippen molar-refractivity contribution in [2.75, 3.05) is 13.7 Å². The fraction of sp³-hybridized carbons (Fsp3) is 0.725. The molecule has 3 saturated carbocycles. The third kappa shape index (κ3) is 8.69. The summed E-state index contributed by atoms with van der Waals surface area (Å²) >= 11 is 0. The van der Waals surface area contributed by atoms with Crippen LogP contribution in [0.2, 0.25) is 0 Å². The summed E-state index contributed by atoms with van der Waals surface area (Å²) in [6, 6.07) is 3.35. The van der Waals surface area contributed by atoms with E-state index in [9.17, 15) is 31.6 Å². The molecule has 5 aliphatic rings. The lowest BCUT2D eigenvalue weighted by atomic mass is 9.86. The summed E-state index contributed by atoms with van der Waals surface area (Å²) in [5, 5.41) is 2.71. The quantitative estimate of drug-likeness (QED) is 0.195. The topological polar surface area (TPSA) is 187 Å². The summed E-state index contributed by atoms with van der Waals surface area (Å²) in [7, 11) is -2.80. The van der Waals surface area contributed by atoms with Crippen molar-refractivity contribution >= 4 is 39.0 Å². The van der Waals surface area contributed by atoms with E-state index in [2.05, 4.69) is 20.8 Å². The summed E-state index contributed by atoms with van der Waals surface area (Å²) in [5.41, 5.74) is -1.02. The van der Waals surface area contributed by atoms with E-state index >= 15 is 8.78 Å². The van der Waals surface area contributed by atoms with E-state index in [0.717, 1.165) is 0 Å². The number of ether oxygens (including phenoxy) is 3. The molecule has 7 rings (SSSR count). The van der Waals surface area contributed by atoms with Crippen LogP contribution in [-0.4, -0.2) is 96.0 Å². The molecule has 2 aliphatic heterocycles. The Morgan fingerprint density at radius 2 is 1.82 bits per heavy atom. The van der Waals surface area contributed by atoms with Gasteiger partial charge in [0.25, 0.3) is 11.8 Å². The summed E-state index contributed by atoms with van der Waals surface area (Å²) in [4.78, 5) is 58.1. The zero-order valence-corrected chi connectivity index (χ0v) is 35.4. The van der Waals surface area contributed by atoms with E-state index in [1.54, 1.807) is 26.8 Å². The number of alkyl halides is 4. The summed E-state index contributed by atoms with van der Waals surface area (Å²) in [6.45, 7) is 8.09. The van der Waals surface area contributed by atoms with Crippen molar-refractivity contribution in [1.82, 2.24) is 30.4 Å². The first-order valence-electron chi connectivity index (χ1n) is 20.6. The van der Waals surface area contributed by atoms with Gasteiger partial charge in [0.05, 0.1) is 35.4 Å². The van der Waals surface area contributed by atoms with E-state index in [4.69, 9.17) is 19.0 Å². The zero-order chi connectivity index (χ0) is 43.6. The molecule has 4 fully saturated rings. The van der Waals surface area contributed by atoms with Gasteiger partial charge in [-0.2, -0.15) is 14.3 Å². The van der Waals surface area contributed by atoms with Crippen LogP contribution in [0.3, 0.4) is 0 Å². The molecule has 0 unspecified atom stereocenters. The molecule has 332 valence electrons. The molecule has 20 heteroatoms. The highest BCUT2D eigenvalue weighted by molar-refractivity contribution is 7.91. The molecule has 1 saturated heterocycles. The van der Waals surface area contributed by atoms with Gasteiger partial charge in [0.1, 0.15) is 29.5 Å². The average Bonchev–Trinajstić information content (AvgIpc) is 4.12. The van der Waals surface area contributed by atoms with Gasteiger partial charge in [-0.1, -0.05) is 40.5 Å². The number of benzene rings is 1. The van der Waals surface area contributed by atoms with Gasteiger partial charge in [-0.05, 0) is 75.3 Å². The van der Waals surface area contributed by atoms with Crippen LogP contribution in [-0.2, 0) is 35.1 Å². The molecule has 3 heterocycles. The van der Waals surface area contributed by atoms with Crippen LogP contribution < -0.4 is 25.0 Å². The number of hydrogen-bond acceptors (Lipinski definition) is 12. The number of aromatic nitrogens is 2. The monoisotopic (exact) mass is 870 g/mol. The van der Waals surface area contributed by atoms with Crippen LogP contribution >= 0.6 is 0 Å². The van der Waals surface area contributed by atoms with Gasteiger partial charge in [0.2, 0.25) is 28.2 Å². The maximum absolute atomic E-state index is 16.4. The van der Waals surface area contributed by atoms with Crippen LogP contribution in [0.4, 0.5) is 22.4 Å². The number of carbonyl (C=O) groups excluding carboxylic acids is 3. The van der Waals surface area contributed by atoms with Gasteiger partial charge in [-0.25, -0.2) is 32.0 Å². The number of sulfonamides is 1. The number of amides is 3. The van der Waals surface area contributed by atoms with Crippen molar-refractivity contribution in [3.05, 3.63) is 23.9 Å². The van der Waals surface area contributed by atoms with Crippen molar-refractivity contribution in [2.45, 2.75) is 146 Å². The van der Waals surface area contributed by atoms with Gasteiger partial charge < -0.3 is 24.4 Å². The van der Waals surface area contributed by atoms with E-state index in [1.165, 1.54) is 31.1 Å². The number of hydrogen-bond donors (Lipinski definition) is 3. The molecule has 1 aromatic heterocycles. The second-order valence-corrected chi connectivity index (χ2v) is 20.5. The lowest BCUT2D eigenvalue weighted by molar-refractivity contribution is -0.167. The first-order chi connectivity index (χ1) is 28.1. The van der Waals surface area contributed by atoms with Crippen molar-refractivity contribution in [3.63, 3.8) is 0 Å². The number of halogens is 4. The highest BCUT2D eigenvalue weighted by Gasteiger charge is 2.67.